The van der Waals surface area contributed by atoms with Crippen LogP contribution in [0.15, 0.2) is 65.0 Å². The molecule has 108 valence electrons. The topological polar surface area (TPSA) is 62.7 Å². The smallest absolute Gasteiger partial charge is 0.163 e. The van der Waals surface area contributed by atoms with Crippen LogP contribution in [0, 0.1) is 0 Å². The molecular formula is C16H13N5S. The van der Waals surface area contributed by atoms with E-state index in [9.17, 15) is 0 Å². The average molecular weight is 307 g/mol. The highest BCUT2D eigenvalue weighted by Crippen LogP contribution is 2.41. The van der Waals surface area contributed by atoms with Crippen LogP contribution in [0.25, 0.3) is 0 Å². The molecular weight excluding hydrogens is 294 g/mol. The Kier molecular flexibility index (Phi) is 3.36. The van der Waals surface area contributed by atoms with Crippen molar-refractivity contribution in [2.24, 2.45) is 0 Å². The Labute approximate surface area is 132 Å². The van der Waals surface area contributed by atoms with E-state index in [0.717, 1.165) is 28.8 Å². The van der Waals surface area contributed by atoms with Gasteiger partial charge in [0.25, 0.3) is 0 Å². The Bertz CT molecular complexity index is 807. The van der Waals surface area contributed by atoms with Crippen molar-refractivity contribution >= 4 is 29.0 Å². The molecule has 3 aromatic rings. The highest BCUT2D eigenvalue weighted by Gasteiger charge is 2.17. The van der Waals surface area contributed by atoms with Gasteiger partial charge in [0.2, 0.25) is 0 Å². The molecule has 22 heavy (non-hydrogen) atoms. The molecule has 2 N–H and O–H groups in total. The summed E-state index contributed by atoms with van der Waals surface area (Å²) in [6.45, 7) is 0.761. The second-order valence-electron chi connectivity index (χ2n) is 4.86. The molecule has 0 bridgehead atoms. The molecule has 1 aliphatic rings. The minimum Gasteiger partial charge on any atom is -0.381 e. The number of pyridine rings is 1. The summed E-state index contributed by atoms with van der Waals surface area (Å²) in [5, 5.41) is 7.65. The minimum atomic E-state index is 0.761. The fraction of sp³-hybridized carbons (Fsp3) is 0.0625. The Morgan fingerprint density at radius 2 is 1.86 bits per heavy atom. The van der Waals surface area contributed by atoms with Crippen LogP contribution in [0.1, 0.15) is 5.56 Å². The fourth-order valence-corrected chi connectivity index (χ4v) is 3.14. The lowest BCUT2D eigenvalue weighted by molar-refractivity contribution is 1.04. The van der Waals surface area contributed by atoms with Crippen LogP contribution in [0.2, 0.25) is 0 Å². The molecule has 1 aliphatic heterocycles. The van der Waals surface area contributed by atoms with E-state index >= 15 is 0 Å². The van der Waals surface area contributed by atoms with Gasteiger partial charge in [0.1, 0.15) is 5.03 Å². The van der Waals surface area contributed by atoms with E-state index < -0.39 is 0 Å². The summed E-state index contributed by atoms with van der Waals surface area (Å²) in [6, 6.07) is 10.3. The van der Waals surface area contributed by atoms with Crippen LogP contribution in [-0.4, -0.2) is 15.0 Å². The zero-order valence-electron chi connectivity index (χ0n) is 11.7. The first-order chi connectivity index (χ1) is 10.9. The zero-order valence-corrected chi connectivity index (χ0v) is 12.5. The molecule has 0 aliphatic carbocycles. The third-order valence-electron chi connectivity index (χ3n) is 3.35. The van der Waals surface area contributed by atoms with E-state index in [0.29, 0.717) is 0 Å². The van der Waals surface area contributed by atoms with Crippen molar-refractivity contribution in [2.45, 2.75) is 16.5 Å². The van der Waals surface area contributed by atoms with Crippen molar-refractivity contribution < 1.29 is 0 Å². The maximum absolute atomic E-state index is 4.34. The Hall–Kier alpha value is -2.60. The van der Waals surface area contributed by atoms with Gasteiger partial charge in [-0.1, -0.05) is 17.8 Å². The fourth-order valence-electron chi connectivity index (χ4n) is 2.27. The standard InChI is InChI=1S/C16H13N5S/c1-2-14-13(21-15-16(22-14)19-8-7-18-15)9-11(1)10-20-12-3-5-17-6-4-12/h1-9H,10H2,(H,17,20)(H,18,21). The van der Waals surface area contributed by atoms with E-state index in [2.05, 4.69) is 43.8 Å². The van der Waals surface area contributed by atoms with Crippen LogP contribution in [-0.2, 0) is 6.54 Å². The molecule has 0 amide bonds. The highest BCUT2D eigenvalue weighted by atomic mass is 32.2. The number of aromatic nitrogens is 3. The van der Waals surface area contributed by atoms with E-state index in [1.807, 2.05) is 12.1 Å². The van der Waals surface area contributed by atoms with Gasteiger partial charge in [-0.3, -0.25) is 4.98 Å². The van der Waals surface area contributed by atoms with Gasteiger partial charge >= 0.3 is 0 Å². The number of hydrogen-bond acceptors (Lipinski definition) is 6. The monoisotopic (exact) mass is 307 g/mol. The Morgan fingerprint density at radius 3 is 2.77 bits per heavy atom. The molecule has 0 atom stereocenters. The molecule has 1 aromatic carbocycles. The zero-order chi connectivity index (χ0) is 14.8. The summed E-state index contributed by atoms with van der Waals surface area (Å²) in [7, 11) is 0. The van der Waals surface area contributed by atoms with Crippen LogP contribution in [0.4, 0.5) is 17.2 Å². The number of nitrogens with zero attached hydrogens (tertiary/aromatic N) is 3. The van der Waals surface area contributed by atoms with E-state index in [1.165, 1.54) is 10.5 Å². The van der Waals surface area contributed by atoms with Crippen molar-refractivity contribution in [3.63, 3.8) is 0 Å². The molecule has 6 heteroatoms. The average Bonchev–Trinajstić information content (AvgIpc) is 2.59. The predicted molar refractivity (Wildman–Crippen MR) is 87.4 cm³/mol. The van der Waals surface area contributed by atoms with Gasteiger partial charge in [-0.15, -0.1) is 0 Å². The first-order valence-electron chi connectivity index (χ1n) is 6.91. The number of rotatable bonds is 3. The maximum atomic E-state index is 4.34. The van der Waals surface area contributed by atoms with E-state index in [1.54, 1.807) is 36.5 Å². The molecule has 0 spiro atoms. The van der Waals surface area contributed by atoms with Crippen molar-refractivity contribution in [1.82, 2.24) is 15.0 Å². The third kappa shape index (κ3) is 2.60. The molecule has 2 aromatic heterocycles. The lowest BCUT2D eigenvalue weighted by Crippen LogP contribution is -2.05. The maximum Gasteiger partial charge on any atom is 0.163 e. The highest BCUT2D eigenvalue weighted by molar-refractivity contribution is 7.99. The van der Waals surface area contributed by atoms with Crippen LogP contribution in [0.3, 0.4) is 0 Å². The van der Waals surface area contributed by atoms with E-state index in [4.69, 9.17) is 0 Å². The molecule has 3 heterocycles. The molecule has 0 saturated heterocycles. The van der Waals surface area contributed by atoms with Crippen LogP contribution < -0.4 is 10.6 Å². The van der Waals surface area contributed by atoms with Gasteiger partial charge in [0.15, 0.2) is 5.82 Å². The predicted octanol–water partition coefficient (Wildman–Crippen LogP) is 3.69. The Balaban J connectivity index is 1.53. The quantitative estimate of drug-likeness (QED) is 0.602. The number of hydrogen-bond donors (Lipinski definition) is 2. The van der Waals surface area contributed by atoms with Crippen LogP contribution >= 0.6 is 11.8 Å². The molecule has 0 unspecified atom stereocenters. The van der Waals surface area contributed by atoms with Crippen molar-refractivity contribution in [1.29, 1.82) is 0 Å². The van der Waals surface area contributed by atoms with E-state index in [-0.39, 0.29) is 0 Å². The number of nitrogens with one attached hydrogen (secondary N) is 2. The Morgan fingerprint density at radius 1 is 1.00 bits per heavy atom. The van der Waals surface area contributed by atoms with Gasteiger partial charge in [0.05, 0.1) is 5.69 Å². The summed E-state index contributed by atoms with van der Waals surface area (Å²) >= 11 is 1.64. The SMILES string of the molecule is c1cc(NCc2ccc3c(c2)Nc2nccnc2S3)ccn1. The molecule has 0 radical (unpaired) electrons. The normalized spacial score (nSPS) is 12.0. The first kappa shape index (κ1) is 13.1. The lowest BCUT2D eigenvalue weighted by Gasteiger charge is -2.19. The molecule has 0 fully saturated rings. The first-order valence-corrected chi connectivity index (χ1v) is 7.73. The van der Waals surface area contributed by atoms with Gasteiger partial charge in [-0.2, -0.15) is 0 Å². The summed E-state index contributed by atoms with van der Waals surface area (Å²) in [4.78, 5) is 13.8. The lowest BCUT2D eigenvalue weighted by atomic mass is 10.2. The number of fused-ring (bicyclic) bond motifs is 2. The summed E-state index contributed by atoms with van der Waals surface area (Å²) in [5.41, 5.74) is 3.34. The second kappa shape index (κ2) is 5.65. The van der Waals surface area contributed by atoms with Crippen molar-refractivity contribution in [2.75, 3.05) is 10.6 Å². The summed E-state index contributed by atoms with van der Waals surface area (Å²) < 4.78 is 0. The van der Waals surface area contributed by atoms with Crippen molar-refractivity contribution in [3.8, 4) is 0 Å². The van der Waals surface area contributed by atoms with Gasteiger partial charge in [-0.05, 0) is 29.8 Å². The second-order valence-corrected chi connectivity index (χ2v) is 5.89. The van der Waals surface area contributed by atoms with Crippen LogP contribution in [0.5, 0.6) is 0 Å². The number of benzene rings is 1. The summed E-state index contributed by atoms with van der Waals surface area (Å²) in [6.07, 6.45) is 6.98. The molecule has 0 saturated carbocycles. The minimum absolute atomic E-state index is 0.761. The van der Waals surface area contributed by atoms with Gasteiger partial charge in [0, 0.05) is 41.9 Å². The summed E-state index contributed by atoms with van der Waals surface area (Å²) in [5.74, 6) is 0.819. The number of anilines is 3. The van der Waals surface area contributed by atoms with Gasteiger partial charge in [-0.25, -0.2) is 9.97 Å². The van der Waals surface area contributed by atoms with Gasteiger partial charge < -0.3 is 10.6 Å². The molecule has 4 rings (SSSR count). The van der Waals surface area contributed by atoms with Crippen molar-refractivity contribution in [3.05, 3.63) is 60.7 Å². The largest absolute Gasteiger partial charge is 0.381 e. The third-order valence-corrected chi connectivity index (χ3v) is 4.41. The molecule has 5 nitrogen and oxygen atoms in total.